The van der Waals surface area contributed by atoms with E-state index < -0.39 is 5.97 Å². The van der Waals surface area contributed by atoms with Crippen LogP contribution in [0.5, 0.6) is 0 Å². The Morgan fingerprint density at radius 2 is 2.00 bits per heavy atom. The van der Waals surface area contributed by atoms with Crippen LogP contribution in [-0.2, 0) is 16.1 Å². The number of rotatable bonds is 3. The standard InChI is InChI=1S/C16H19N3O4S/c1-10-12-14(24-13(10)16(22)23-2)17-9-19(15(12)21)8-11(20)18-6-4-3-5-7-18/h9H,3-8H2,1-2H3. The zero-order chi connectivity index (χ0) is 17.3. The summed E-state index contributed by atoms with van der Waals surface area (Å²) in [6.45, 7) is 3.16. The van der Waals surface area contributed by atoms with E-state index in [1.54, 1.807) is 11.8 Å². The topological polar surface area (TPSA) is 81.5 Å². The van der Waals surface area contributed by atoms with Crippen LogP contribution in [0.4, 0.5) is 0 Å². The number of fused-ring (bicyclic) bond motifs is 1. The van der Waals surface area contributed by atoms with Gasteiger partial charge in [0.05, 0.1) is 18.8 Å². The van der Waals surface area contributed by atoms with Crippen LogP contribution >= 0.6 is 11.3 Å². The lowest BCUT2D eigenvalue weighted by Gasteiger charge is -2.26. The molecule has 0 aromatic carbocycles. The van der Waals surface area contributed by atoms with Gasteiger partial charge in [0.15, 0.2) is 0 Å². The molecule has 0 radical (unpaired) electrons. The molecule has 0 atom stereocenters. The number of ether oxygens (including phenoxy) is 1. The number of nitrogens with zero attached hydrogens (tertiary/aromatic N) is 3. The maximum absolute atomic E-state index is 12.7. The van der Waals surface area contributed by atoms with Crippen molar-refractivity contribution in [2.45, 2.75) is 32.7 Å². The van der Waals surface area contributed by atoms with Crippen molar-refractivity contribution in [3.05, 3.63) is 27.1 Å². The molecule has 1 aliphatic rings. The molecule has 7 nitrogen and oxygen atoms in total. The van der Waals surface area contributed by atoms with Gasteiger partial charge >= 0.3 is 5.97 Å². The fraction of sp³-hybridized carbons (Fsp3) is 0.500. The fourth-order valence-corrected chi connectivity index (χ4v) is 4.01. The number of thiophene rings is 1. The predicted molar refractivity (Wildman–Crippen MR) is 90.4 cm³/mol. The van der Waals surface area contributed by atoms with Gasteiger partial charge < -0.3 is 9.64 Å². The van der Waals surface area contributed by atoms with Crippen LogP contribution in [-0.4, -0.2) is 46.5 Å². The molecular formula is C16H19N3O4S. The summed E-state index contributed by atoms with van der Waals surface area (Å²) in [4.78, 5) is 43.7. The SMILES string of the molecule is COC(=O)c1sc2ncn(CC(=O)N3CCCCC3)c(=O)c2c1C. The Balaban J connectivity index is 1.93. The molecule has 0 N–H and O–H groups in total. The highest BCUT2D eigenvalue weighted by Crippen LogP contribution is 2.27. The quantitative estimate of drug-likeness (QED) is 0.786. The lowest BCUT2D eigenvalue weighted by atomic mass is 10.1. The van der Waals surface area contributed by atoms with Crippen LogP contribution in [0.2, 0.25) is 0 Å². The minimum atomic E-state index is -0.481. The summed E-state index contributed by atoms with van der Waals surface area (Å²) in [7, 11) is 1.30. The minimum absolute atomic E-state index is 0.0232. The molecule has 1 aliphatic heterocycles. The van der Waals surface area contributed by atoms with E-state index in [2.05, 4.69) is 4.98 Å². The number of amides is 1. The van der Waals surface area contributed by atoms with E-state index in [1.165, 1.54) is 18.0 Å². The third-order valence-corrected chi connectivity index (χ3v) is 5.48. The van der Waals surface area contributed by atoms with E-state index in [0.29, 0.717) is 20.7 Å². The van der Waals surface area contributed by atoms with Crippen LogP contribution in [0.15, 0.2) is 11.1 Å². The molecule has 24 heavy (non-hydrogen) atoms. The second-order valence-electron chi connectivity index (χ2n) is 5.85. The molecule has 0 bridgehead atoms. The lowest BCUT2D eigenvalue weighted by molar-refractivity contribution is -0.132. The number of piperidine rings is 1. The Morgan fingerprint density at radius 1 is 1.29 bits per heavy atom. The zero-order valence-electron chi connectivity index (χ0n) is 13.7. The van der Waals surface area contributed by atoms with Crippen LogP contribution in [0, 0.1) is 6.92 Å². The van der Waals surface area contributed by atoms with Crippen molar-refractivity contribution in [3.63, 3.8) is 0 Å². The average Bonchev–Trinajstić information content (AvgIpc) is 2.95. The summed E-state index contributed by atoms with van der Waals surface area (Å²) < 4.78 is 6.05. The van der Waals surface area contributed by atoms with E-state index in [1.807, 2.05) is 0 Å². The Hall–Kier alpha value is -2.22. The highest BCUT2D eigenvalue weighted by Gasteiger charge is 2.22. The zero-order valence-corrected chi connectivity index (χ0v) is 14.5. The van der Waals surface area contributed by atoms with Gasteiger partial charge in [-0.25, -0.2) is 9.78 Å². The van der Waals surface area contributed by atoms with Gasteiger partial charge in [-0.1, -0.05) is 0 Å². The first-order chi connectivity index (χ1) is 11.5. The molecule has 2 aromatic rings. The van der Waals surface area contributed by atoms with Gasteiger partial charge in [0.1, 0.15) is 16.3 Å². The van der Waals surface area contributed by atoms with Crippen LogP contribution in [0.3, 0.4) is 0 Å². The molecule has 1 amide bonds. The number of hydrogen-bond acceptors (Lipinski definition) is 6. The third kappa shape index (κ3) is 2.93. The normalized spacial score (nSPS) is 14.8. The van der Waals surface area contributed by atoms with Crippen LogP contribution < -0.4 is 5.56 Å². The number of hydrogen-bond donors (Lipinski definition) is 0. The Labute approximate surface area is 142 Å². The Morgan fingerprint density at radius 3 is 2.67 bits per heavy atom. The summed E-state index contributed by atoms with van der Waals surface area (Å²) >= 11 is 1.13. The molecule has 1 fully saturated rings. The summed E-state index contributed by atoms with van der Waals surface area (Å²) in [5.41, 5.74) is 0.258. The first kappa shape index (κ1) is 16.6. The van der Waals surface area contributed by atoms with Gasteiger partial charge in [0, 0.05) is 13.1 Å². The van der Waals surface area contributed by atoms with Crippen molar-refractivity contribution < 1.29 is 14.3 Å². The van der Waals surface area contributed by atoms with E-state index >= 15 is 0 Å². The first-order valence-corrected chi connectivity index (χ1v) is 8.69. The smallest absolute Gasteiger partial charge is 0.348 e. The predicted octanol–water partition coefficient (Wildman–Crippen LogP) is 1.57. The van der Waals surface area contributed by atoms with Crippen molar-refractivity contribution in [2.24, 2.45) is 0 Å². The van der Waals surface area contributed by atoms with Gasteiger partial charge in [-0.3, -0.25) is 14.2 Å². The average molecular weight is 349 g/mol. The Bertz CT molecular complexity index is 849. The van der Waals surface area contributed by atoms with E-state index in [4.69, 9.17) is 4.74 Å². The molecule has 0 spiro atoms. The highest BCUT2D eigenvalue weighted by atomic mass is 32.1. The molecule has 3 heterocycles. The summed E-state index contributed by atoms with van der Waals surface area (Å²) in [6.07, 6.45) is 4.53. The summed E-state index contributed by atoms with van der Waals surface area (Å²) in [6, 6.07) is 0. The summed E-state index contributed by atoms with van der Waals surface area (Å²) in [5.74, 6) is -0.551. The lowest BCUT2D eigenvalue weighted by Crippen LogP contribution is -2.39. The molecule has 0 aliphatic carbocycles. The monoisotopic (exact) mass is 349 g/mol. The van der Waals surface area contributed by atoms with E-state index in [9.17, 15) is 14.4 Å². The first-order valence-electron chi connectivity index (χ1n) is 7.87. The molecule has 3 rings (SSSR count). The molecule has 128 valence electrons. The number of aromatic nitrogens is 2. The van der Waals surface area contributed by atoms with Crippen molar-refractivity contribution in [1.29, 1.82) is 0 Å². The molecule has 0 saturated carbocycles. The number of aryl methyl sites for hydroxylation is 1. The van der Waals surface area contributed by atoms with Crippen molar-refractivity contribution in [1.82, 2.24) is 14.5 Å². The molecule has 1 saturated heterocycles. The van der Waals surface area contributed by atoms with Gasteiger partial charge in [-0.2, -0.15) is 0 Å². The second-order valence-corrected chi connectivity index (χ2v) is 6.85. The number of esters is 1. The molecular weight excluding hydrogens is 330 g/mol. The minimum Gasteiger partial charge on any atom is -0.465 e. The maximum atomic E-state index is 12.7. The number of methoxy groups -OCH3 is 1. The van der Waals surface area contributed by atoms with Crippen molar-refractivity contribution >= 4 is 33.4 Å². The molecule has 2 aromatic heterocycles. The van der Waals surface area contributed by atoms with Crippen molar-refractivity contribution in [3.8, 4) is 0 Å². The van der Waals surface area contributed by atoms with Crippen LogP contribution in [0.1, 0.15) is 34.5 Å². The van der Waals surface area contributed by atoms with Crippen LogP contribution in [0.25, 0.3) is 10.2 Å². The largest absolute Gasteiger partial charge is 0.465 e. The van der Waals surface area contributed by atoms with Gasteiger partial charge in [-0.05, 0) is 31.7 Å². The van der Waals surface area contributed by atoms with Gasteiger partial charge in [-0.15, -0.1) is 11.3 Å². The Kier molecular flexibility index (Phi) is 4.66. The van der Waals surface area contributed by atoms with Gasteiger partial charge in [0.25, 0.3) is 5.56 Å². The van der Waals surface area contributed by atoms with E-state index in [-0.39, 0.29) is 18.0 Å². The third-order valence-electron chi connectivity index (χ3n) is 4.30. The fourth-order valence-electron chi connectivity index (χ4n) is 2.95. The number of carbonyl (C=O) groups is 2. The summed E-state index contributed by atoms with van der Waals surface area (Å²) in [5, 5.41) is 0.384. The number of carbonyl (C=O) groups excluding carboxylic acids is 2. The molecule has 8 heteroatoms. The number of likely N-dealkylation sites (tertiary alicyclic amines) is 1. The van der Waals surface area contributed by atoms with Crippen molar-refractivity contribution in [2.75, 3.05) is 20.2 Å². The molecule has 0 unspecified atom stereocenters. The highest BCUT2D eigenvalue weighted by molar-refractivity contribution is 7.20. The second kappa shape index (κ2) is 6.72. The maximum Gasteiger partial charge on any atom is 0.348 e. The van der Waals surface area contributed by atoms with Gasteiger partial charge in [0.2, 0.25) is 5.91 Å². The van der Waals surface area contributed by atoms with E-state index in [0.717, 1.165) is 43.7 Å².